The molecule has 0 fully saturated rings. The molecule has 0 spiro atoms. The van der Waals surface area contributed by atoms with Crippen LogP contribution in [0.1, 0.15) is 11.7 Å². The van der Waals surface area contributed by atoms with E-state index in [1.54, 1.807) is 7.05 Å². The second-order valence-corrected chi connectivity index (χ2v) is 2.68. The van der Waals surface area contributed by atoms with Gasteiger partial charge >= 0.3 is 6.18 Å². The molecule has 0 aliphatic heterocycles. The molecule has 0 aliphatic rings. The number of rotatable bonds is 2. The molecule has 0 aliphatic carbocycles. The standard InChI is InChI=1S/C7H10F3N3/c1-11-6(7(8,9)10)5-3-4-13(2)12-5/h3-4,6,11H,1-2H3. The maximum absolute atomic E-state index is 12.3. The zero-order valence-electron chi connectivity index (χ0n) is 7.26. The molecule has 1 heterocycles. The zero-order valence-corrected chi connectivity index (χ0v) is 7.26. The Morgan fingerprint density at radius 2 is 2.15 bits per heavy atom. The van der Waals surface area contributed by atoms with Crippen LogP contribution in [0.5, 0.6) is 0 Å². The van der Waals surface area contributed by atoms with Gasteiger partial charge in [0.1, 0.15) is 6.04 Å². The summed E-state index contributed by atoms with van der Waals surface area (Å²) in [5, 5.41) is 5.85. The van der Waals surface area contributed by atoms with Gasteiger partial charge in [-0.3, -0.25) is 4.68 Å². The first-order chi connectivity index (χ1) is 5.95. The first-order valence-corrected chi connectivity index (χ1v) is 3.68. The lowest BCUT2D eigenvalue weighted by Gasteiger charge is -2.16. The van der Waals surface area contributed by atoms with Gasteiger partial charge in [0.05, 0.1) is 5.69 Å². The van der Waals surface area contributed by atoms with Crippen LogP contribution in [0.25, 0.3) is 0 Å². The molecule has 13 heavy (non-hydrogen) atoms. The van der Waals surface area contributed by atoms with Gasteiger partial charge in [-0.25, -0.2) is 0 Å². The van der Waals surface area contributed by atoms with Gasteiger partial charge in [0.2, 0.25) is 0 Å². The third kappa shape index (κ3) is 2.21. The van der Waals surface area contributed by atoms with Crippen molar-refractivity contribution < 1.29 is 13.2 Å². The lowest BCUT2D eigenvalue weighted by Crippen LogP contribution is -2.32. The van der Waals surface area contributed by atoms with Gasteiger partial charge in [-0.2, -0.15) is 18.3 Å². The SMILES string of the molecule is CNC(c1ccn(C)n1)C(F)(F)F. The van der Waals surface area contributed by atoms with E-state index in [0.29, 0.717) is 0 Å². The summed E-state index contributed by atoms with van der Waals surface area (Å²) in [7, 11) is 2.83. The van der Waals surface area contributed by atoms with Crippen LogP contribution in [-0.4, -0.2) is 23.0 Å². The summed E-state index contributed by atoms with van der Waals surface area (Å²) in [6.45, 7) is 0. The summed E-state index contributed by atoms with van der Waals surface area (Å²) in [5.41, 5.74) is -0.0162. The molecule has 1 unspecified atom stereocenters. The molecule has 1 aromatic heterocycles. The van der Waals surface area contributed by atoms with Crippen LogP contribution in [0.2, 0.25) is 0 Å². The fourth-order valence-electron chi connectivity index (χ4n) is 1.07. The number of aromatic nitrogens is 2. The molecule has 1 N–H and O–H groups in total. The van der Waals surface area contributed by atoms with Crippen molar-refractivity contribution in [2.75, 3.05) is 7.05 Å². The molecular weight excluding hydrogens is 183 g/mol. The Morgan fingerprint density at radius 3 is 2.46 bits per heavy atom. The second kappa shape index (κ2) is 3.37. The van der Waals surface area contributed by atoms with Crippen molar-refractivity contribution in [2.45, 2.75) is 12.2 Å². The molecule has 0 saturated carbocycles. The van der Waals surface area contributed by atoms with Crippen molar-refractivity contribution in [3.05, 3.63) is 18.0 Å². The Bertz CT molecular complexity index is 279. The third-order valence-corrected chi connectivity index (χ3v) is 1.65. The molecule has 6 heteroatoms. The zero-order chi connectivity index (χ0) is 10.1. The molecule has 1 aromatic rings. The van der Waals surface area contributed by atoms with Crippen LogP contribution in [0, 0.1) is 0 Å². The van der Waals surface area contributed by atoms with Crippen LogP contribution < -0.4 is 5.32 Å². The third-order valence-electron chi connectivity index (χ3n) is 1.65. The van der Waals surface area contributed by atoms with E-state index in [4.69, 9.17) is 0 Å². The lowest BCUT2D eigenvalue weighted by atomic mass is 10.2. The second-order valence-electron chi connectivity index (χ2n) is 2.68. The van der Waals surface area contributed by atoms with Crippen molar-refractivity contribution in [3.63, 3.8) is 0 Å². The first-order valence-electron chi connectivity index (χ1n) is 3.68. The highest BCUT2D eigenvalue weighted by Gasteiger charge is 2.41. The number of hydrogen-bond donors (Lipinski definition) is 1. The highest BCUT2D eigenvalue weighted by molar-refractivity contribution is 5.07. The van der Waals surface area contributed by atoms with Gasteiger partial charge in [-0.1, -0.05) is 0 Å². The van der Waals surface area contributed by atoms with Crippen molar-refractivity contribution >= 4 is 0 Å². The van der Waals surface area contributed by atoms with Gasteiger partial charge in [0, 0.05) is 13.2 Å². The van der Waals surface area contributed by atoms with E-state index in [2.05, 4.69) is 10.4 Å². The quantitative estimate of drug-likeness (QED) is 0.765. The van der Waals surface area contributed by atoms with Crippen molar-refractivity contribution in [2.24, 2.45) is 7.05 Å². The number of alkyl halides is 3. The Labute approximate surface area is 73.5 Å². The molecular formula is C7H10F3N3. The van der Waals surface area contributed by atoms with Crippen molar-refractivity contribution in [1.29, 1.82) is 0 Å². The van der Waals surface area contributed by atoms with Gasteiger partial charge in [0.25, 0.3) is 0 Å². The average Bonchev–Trinajstić information content (AvgIpc) is 2.34. The van der Waals surface area contributed by atoms with Gasteiger partial charge < -0.3 is 5.32 Å². The van der Waals surface area contributed by atoms with Crippen LogP contribution in [0.4, 0.5) is 13.2 Å². The van der Waals surface area contributed by atoms with E-state index in [0.717, 1.165) is 0 Å². The minimum atomic E-state index is -4.30. The van der Waals surface area contributed by atoms with Crippen molar-refractivity contribution in [3.8, 4) is 0 Å². The van der Waals surface area contributed by atoms with Crippen LogP contribution in [-0.2, 0) is 7.05 Å². The van der Waals surface area contributed by atoms with E-state index < -0.39 is 12.2 Å². The summed E-state index contributed by atoms with van der Waals surface area (Å²) in [6, 6.07) is -0.344. The topological polar surface area (TPSA) is 29.9 Å². The molecule has 0 radical (unpaired) electrons. The number of halogens is 3. The number of hydrogen-bond acceptors (Lipinski definition) is 2. The lowest BCUT2D eigenvalue weighted by molar-refractivity contribution is -0.157. The minimum Gasteiger partial charge on any atom is -0.304 e. The molecule has 0 amide bonds. The smallest absolute Gasteiger partial charge is 0.304 e. The van der Waals surface area contributed by atoms with Gasteiger partial charge in [-0.05, 0) is 13.1 Å². The highest BCUT2D eigenvalue weighted by Crippen LogP contribution is 2.30. The maximum Gasteiger partial charge on any atom is 0.409 e. The Hall–Kier alpha value is -1.04. The van der Waals surface area contributed by atoms with E-state index in [-0.39, 0.29) is 5.69 Å². The molecule has 1 rings (SSSR count). The van der Waals surface area contributed by atoms with Crippen molar-refractivity contribution in [1.82, 2.24) is 15.1 Å². The summed E-state index contributed by atoms with van der Waals surface area (Å²) in [4.78, 5) is 0. The van der Waals surface area contributed by atoms with Crippen LogP contribution >= 0.6 is 0 Å². The van der Waals surface area contributed by atoms with E-state index in [1.165, 1.54) is 24.0 Å². The number of aryl methyl sites for hydroxylation is 1. The number of nitrogens with zero attached hydrogens (tertiary/aromatic N) is 2. The Morgan fingerprint density at radius 1 is 1.54 bits per heavy atom. The number of nitrogens with one attached hydrogen (secondary N) is 1. The summed E-state index contributed by atoms with van der Waals surface area (Å²) in [6.07, 6.45) is -2.82. The normalized spacial score (nSPS) is 14.5. The van der Waals surface area contributed by atoms with Crippen LogP contribution in [0.15, 0.2) is 12.3 Å². The summed E-state index contributed by atoms with van der Waals surface area (Å²) < 4.78 is 38.2. The highest BCUT2D eigenvalue weighted by atomic mass is 19.4. The maximum atomic E-state index is 12.3. The molecule has 0 aromatic carbocycles. The summed E-state index contributed by atoms with van der Waals surface area (Å²) >= 11 is 0. The largest absolute Gasteiger partial charge is 0.409 e. The van der Waals surface area contributed by atoms with E-state index >= 15 is 0 Å². The van der Waals surface area contributed by atoms with Gasteiger partial charge in [0.15, 0.2) is 0 Å². The Balaban J connectivity index is 2.91. The predicted molar refractivity (Wildman–Crippen MR) is 41.1 cm³/mol. The molecule has 1 atom stereocenters. The van der Waals surface area contributed by atoms with Gasteiger partial charge in [-0.15, -0.1) is 0 Å². The fourth-order valence-corrected chi connectivity index (χ4v) is 1.07. The Kier molecular flexibility index (Phi) is 2.60. The van der Waals surface area contributed by atoms with E-state index in [1.807, 2.05) is 0 Å². The monoisotopic (exact) mass is 193 g/mol. The van der Waals surface area contributed by atoms with E-state index in [9.17, 15) is 13.2 Å². The molecule has 0 saturated heterocycles. The molecule has 3 nitrogen and oxygen atoms in total. The molecule has 0 bridgehead atoms. The first kappa shape index (κ1) is 10.0. The summed E-state index contributed by atoms with van der Waals surface area (Å²) in [5.74, 6) is 0. The predicted octanol–water partition coefficient (Wildman–Crippen LogP) is 1.24. The minimum absolute atomic E-state index is 0.0162. The van der Waals surface area contributed by atoms with Crippen LogP contribution in [0.3, 0.4) is 0 Å². The average molecular weight is 193 g/mol. The fraction of sp³-hybridized carbons (Fsp3) is 0.571. The molecule has 74 valence electrons.